The Morgan fingerprint density at radius 1 is 1.32 bits per heavy atom. The summed E-state index contributed by atoms with van der Waals surface area (Å²) >= 11 is 0. The zero-order valence-electron chi connectivity index (χ0n) is 11.6. The van der Waals surface area contributed by atoms with Gasteiger partial charge >= 0.3 is 0 Å². The Kier molecular flexibility index (Phi) is 3.22. The Bertz CT molecular complexity index is 683. The monoisotopic (exact) mass is 263 g/mol. The fourth-order valence-corrected chi connectivity index (χ4v) is 2.45. The fourth-order valence-electron chi connectivity index (χ4n) is 2.45. The van der Waals surface area contributed by atoms with Gasteiger partial charge in [0.15, 0.2) is 0 Å². The molecule has 0 aliphatic carbocycles. The van der Waals surface area contributed by atoms with Crippen LogP contribution in [0.25, 0.3) is 5.69 Å². The summed E-state index contributed by atoms with van der Waals surface area (Å²) in [5.41, 5.74) is 8.01. The SMILES string of the molecule is Cc1cc(F)ccc1-n1c(=O)c(N)c(C(C)C)n1C. The molecule has 2 aromatic rings. The van der Waals surface area contributed by atoms with Crippen LogP contribution in [0.5, 0.6) is 0 Å². The maximum Gasteiger partial charge on any atom is 0.294 e. The number of anilines is 1. The van der Waals surface area contributed by atoms with Crippen LogP contribution in [0.15, 0.2) is 23.0 Å². The highest BCUT2D eigenvalue weighted by atomic mass is 19.1. The first-order valence-corrected chi connectivity index (χ1v) is 6.18. The van der Waals surface area contributed by atoms with Gasteiger partial charge in [-0.1, -0.05) is 13.8 Å². The molecule has 0 radical (unpaired) electrons. The summed E-state index contributed by atoms with van der Waals surface area (Å²) in [5, 5.41) is 0. The highest BCUT2D eigenvalue weighted by Crippen LogP contribution is 2.22. The zero-order chi connectivity index (χ0) is 14.3. The lowest BCUT2D eigenvalue weighted by atomic mass is 10.1. The molecule has 0 spiro atoms. The number of nitrogen functional groups attached to an aromatic ring is 1. The second kappa shape index (κ2) is 4.57. The maximum atomic E-state index is 13.2. The Labute approximate surface area is 111 Å². The van der Waals surface area contributed by atoms with E-state index in [9.17, 15) is 9.18 Å². The summed E-state index contributed by atoms with van der Waals surface area (Å²) in [6, 6.07) is 4.34. The van der Waals surface area contributed by atoms with E-state index in [0.29, 0.717) is 11.3 Å². The molecule has 0 atom stereocenters. The molecular formula is C14H18FN3O. The Balaban J connectivity index is 2.77. The molecule has 0 amide bonds. The van der Waals surface area contributed by atoms with Crippen LogP contribution in [0, 0.1) is 12.7 Å². The molecule has 1 heterocycles. The van der Waals surface area contributed by atoms with Crippen LogP contribution in [0.3, 0.4) is 0 Å². The van der Waals surface area contributed by atoms with E-state index in [2.05, 4.69) is 0 Å². The standard InChI is InChI=1S/C14H18FN3O/c1-8(2)13-12(16)14(19)18(17(13)4)11-6-5-10(15)7-9(11)3/h5-8H,16H2,1-4H3. The largest absolute Gasteiger partial charge is 0.393 e. The van der Waals surface area contributed by atoms with Crippen molar-refractivity contribution >= 4 is 5.69 Å². The van der Waals surface area contributed by atoms with Gasteiger partial charge in [-0.05, 0) is 36.6 Å². The van der Waals surface area contributed by atoms with E-state index in [4.69, 9.17) is 5.73 Å². The van der Waals surface area contributed by atoms with E-state index in [0.717, 1.165) is 5.69 Å². The van der Waals surface area contributed by atoms with Crippen molar-refractivity contribution in [1.82, 2.24) is 9.36 Å². The van der Waals surface area contributed by atoms with Crippen LogP contribution < -0.4 is 11.3 Å². The molecule has 2 N–H and O–H groups in total. The number of benzene rings is 1. The molecule has 0 saturated carbocycles. The van der Waals surface area contributed by atoms with Gasteiger partial charge in [-0.2, -0.15) is 0 Å². The number of halogens is 1. The Hall–Kier alpha value is -2.04. The molecule has 2 rings (SSSR count). The number of nitrogens with two attached hydrogens (primary N) is 1. The average Bonchev–Trinajstić information content (AvgIpc) is 2.52. The molecule has 1 aromatic carbocycles. The van der Waals surface area contributed by atoms with Crippen molar-refractivity contribution in [3.63, 3.8) is 0 Å². The summed E-state index contributed by atoms with van der Waals surface area (Å²) in [4.78, 5) is 12.3. The van der Waals surface area contributed by atoms with Crippen LogP contribution in [-0.4, -0.2) is 9.36 Å². The van der Waals surface area contributed by atoms with Crippen molar-refractivity contribution in [2.75, 3.05) is 5.73 Å². The quantitative estimate of drug-likeness (QED) is 0.904. The molecule has 0 aliphatic heterocycles. The second-order valence-electron chi connectivity index (χ2n) is 5.02. The first-order chi connectivity index (χ1) is 8.84. The van der Waals surface area contributed by atoms with Gasteiger partial charge < -0.3 is 5.73 Å². The Morgan fingerprint density at radius 3 is 2.42 bits per heavy atom. The number of aromatic nitrogens is 2. The molecule has 4 nitrogen and oxygen atoms in total. The van der Waals surface area contributed by atoms with Crippen molar-refractivity contribution < 1.29 is 4.39 Å². The predicted octanol–water partition coefficient (Wildman–Crippen LogP) is 2.33. The highest BCUT2D eigenvalue weighted by molar-refractivity contribution is 5.48. The average molecular weight is 263 g/mol. The number of nitrogens with zero attached hydrogens (tertiary/aromatic N) is 2. The third-order valence-corrected chi connectivity index (χ3v) is 3.28. The molecule has 102 valence electrons. The first kappa shape index (κ1) is 13.4. The van der Waals surface area contributed by atoms with Gasteiger partial charge in [0.1, 0.15) is 11.5 Å². The molecule has 5 heteroatoms. The van der Waals surface area contributed by atoms with Gasteiger partial charge in [0.25, 0.3) is 5.56 Å². The predicted molar refractivity (Wildman–Crippen MR) is 74.2 cm³/mol. The zero-order valence-corrected chi connectivity index (χ0v) is 11.6. The lowest BCUT2D eigenvalue weighted by Crippen LogP contribution is -2.21. The van der Waals surface area contributed by atoms with E-state index < -0.39 is 0 Å². The van der Waals surface area contributed by atoms with E-state index in [1.54, 1.807) is 24.7 Å². The van der Waals surface area contributed by atoms with Gasteiger partial charge in [0.05, 0.1) is 11.4 Å². The maximum absolute atomic E-state index is 13.2. The summed E-state index contributed by atoms with van der Waals surface area (Å²) in [5.74, 6) is -0.180. The normalized spacial score (nSPS) is 11.3. The minimum Gasteiger partial charge on any atom is -0.393 e. The van der Waals surface area contributed by atoms with Gasteiger partial charge in [0.2, 0.25) is 0 Å². The van der Waals surface area contributed by atoms with Crippen LogP contribution in [0.4, 0.5) is 10.1 Å². The summed E-state index contributed by atoms with van der Waals surface area (Å²) in [6.07, 6.45) is 0. The summed E-state index contributed by atoms with van der Waals surface area (Å²) < 4.78 is 16.4. The Morgan fingerprint density at radius 2 is 1.95 bits per heavy atom. The first-order valence-electron chi connectivity index (χ1n) is 6.18. The number of hydrogen-bond donors (Lipinski definition) is 1. The van der Waals surface area contributed by atoms with E-state index in [1.165, 1.54) is 16.8 Å². The van der Waals surface area contributed by atoms with Crippen molar-refractivity contribution in [3.05, 3.63) is 45.6 Å². The van der Waals surface area contributed by atoms with Gasteiger partial charge in [0, 0.05) is 7.05 Å². The summed E-state index contributed by atoms with van der Waals surface area (Å²) in [6.45, 7) is 5.73. The highest BCUT2D eigenvalue weighted by Gasteiger charge is 2.19. The van der Waals surface area contributed by atoms with Gasteiger partial charge in [-0.15, -0.1) is 0 Å². The van der Waals surface area contributed by atoms with E-state index in [-0.39, 0.29) is 23.0 Å². The third kappa shape index (κ3) is 2.05. The van der Waals surface area contributed by atoms with Crippen LogP contribution in [-0.2, 0) is 7.05 Å². The minimum atomic E-state index is -0.319. The molecule has 0 aliphatic rings. The fraction of sp³-hybridized carbons (Fsp3) is 0.357. The molecule has 0 saturated heterocycles. The lowest BCUT2D eigenvalue weighted by molar-refractivity contribution is 0.589. The summed E-state index contributed by atoms with van der Waals surface area (Å²) in [7, 11) is 1.79. The lowest BCUT2D eigenvalue weighted by Gasteiger charge is -2.13. The van der Waals surface area contributed by atoms with Crippen molar-refractivity contribution in [2.45, 2.75) is 26.7 Å². The molecule has 1 aromatic heterocycles. The topological polar surface area (TPSA) is 52.9 Å². The van der Waals surface area contributed by atoms with Crippen LogP contribution in [0.2, 0.25) is 0 Å². The number of aryl methyl sites for hydroxylation is 1. The van der Waals surface area contributed by atoms with Gasteiger partial charge in [-0.25, -0.2) is 9.07 Å². The van der Waals surface area contributed by atoms with Crippen LogP contribution >= 0.6 is 0 Å². The molecular weight excluding hydrogens is 245 g/mol. The molecule has 19 heavy (non-hydrogen) atoms. The van der Waals surface area contributed by atoms with E-state index in [1.807, 2.05) is 13.8 Å². The number of rotatable bonds is 2. The second-order valence-corrected chi connectivity index (χ2v) is 5.02. The van der Waals surface area contributed by atoms with E-state index >= 15 is 0 Å². The smallest absolute Gasteiger partial charge is 0.294 e. The van der Waals surface area contributed by atoms with Crippen LogP contribution in [0.1, 0.15) is 31.0 Å². The molecule has 0 unspecified atom stereocenters. The number of hydrogen-bond acceptors (Lipinski definition) is 2. The molecule has 0 bridgehead atoms. The van der Waals surface area contributed by atoms with Crippen molar-refractivity contribution in [3.8, 4) is 5.69 Å². The van der Waals surface area contributed by atoms with Crippen molar-refractivity contribution in [1.29, 1.82) is 0 Å². The van der Waals surface area contributed by atoms with Gasteiger partial charge in [-0.3, -0.25) is 9.48 Å². The third-order valence-electron chi connectivity index (χ3n) is 3.28. The minimum absolute atomic E-state index is 0.139. The van der Waals surface area contributed by atoms with Crippen molar-refractivity contribution in [2.24, 2.45) is 7.05 Å². The molecule has 0 fully saturated rings.